The summed E-state index contributed by atoms with van der Waals surface area (Å²) in [6, 6.07) is 7.03. The van der Waals surface area contributed by atoms with Gasteiger partial charge >= 0.3 is 17.8 Å². The number of thiophene rings is 1. The monoisotopic (exact) mass is 581 g/mol. The molecule has 9 nitrogen and oxygen atoms in total. The molecule has 2 aromatic heterocycles. The Hall–Kier alpha value is -3.61. The molecule has 0 N–H and O–H groups in total. The van der Waals surface area contributed by atoms with Gasteiger partial charge < -0.3 is 14.4 Å². The van der Waals surface area contributed by atoms with Crippen molar-refractivity contribution in [1.82, 2.24) is 14.0 Å². The number of esters is 1. The molecule has 3 heterocycles. The molecule has 1 aliphatic heterocycles. The number of methoxy groups -OCH3 is 1. The van der Waals surface area contributed by atoms with Crippen molar-refractivity contribution in [1.29, 1.82) is 0 Å². The van der Waals surface area contributed by atoms with E-state index in [0.29, 0.717) is 37.2 Å². The van der Waals surface area contributed by atoms with Crippen molar-refractivity contribution in [2.45, 2.75) is 64.9 Å². The molecule has 0 saturated carbocycles. The minimum atomic E-state index is -4.52. The molecule has 0 unspecified atom stereocenters. The second-order valence-electron chi connectivity index (χ2n) is 9.69. The number of rotatable bonds is 8. The molecule has 0 aliphatic carbocycles. The highest BCUT2D eigenvalue weighted by atomic mass is 32.1. The van der Waals surface area contributed by atoms with E-state index >= 15 is 0 Å². The Morgan fingerprint density at radius 1 is 1.05 bits per heavy atom. The van der Waals surface area contributed by atoms with Crippen LogP contribution in [0.1, 0.15) is 47.0 Å². The number of aromatic nitrogens is 2. The van der Waals surface area contributed by atoms with E-state index < -0.39 is 36.4 Å². The number of aryl methyl sites for hydroxylation is 3. The van der Waals surface area contributed by atoms with Gasteiger partial charge in [0.25, 0.3) is 11.5 Å². The summed E-state index contributed by atoms with van der Waals surface area (Å²) in [5.74, 6) is -0.136. The predicted octanol–water partition coefficient (Wildman–Crippen LogP) is 3.90. The summed E-state index contributed by atoms with van der Waals surface area (Å²) in [5, 5.41) is 0.0691. The third-order valence-corrected chi connectivity index (χ3v) is 8.26. The van der Waals surface area contributed by atoms with E-state index in [9.17, 15) is 32.3 Å². The predicted molar refractivity (Wildman–Crippen MR) is 143 cm³/mol. The molecule has 1 amide bonds. The largest absolute Gasteiger partial charge is 0.497 e. The fraction of sp³-hybridized carbons (Fsp3) is 0.481. The lowest BCUT2D eigenvalue weighted by Gasteiger charge is -2.31. The number of carbonyl (C=O) groups excluding carboxylic acids is 2. The molecule has 40 heavy (non-hydrogen) atoms. The Kier molecular flexibility index (Phi) is 8.71. The van der Waals surface area contributed by atoms with E-state index in [1.165, 1.54) is 14.0 Å². The van der Waals surface area contributed by atoms with Gasteiger partial charge in [-0.3, -0.25) is 23.5 Å². The van der Waals surface area contributed by atoms with Crippen molar-refractivity contribution < 1.29 is 32.2 Å². The Morgan fingerprint density at radius 2 is 1.70 bits per heavy atom. The highest BCUT2D eigenvalue weighted by Gasteiger charge is 2.31. The number of carbonyl (C=O) groups is 2. The maximum atomic E-state index is 13.5. The number of halogens is 3. The van der Waals surface area contributed by atoms with Crippen LogP contribution in [0.2, 0.25) is 0 Å². The van der Waals surface area contributed by atoms with Crippen LogP contribution in [-0.4, -0.2) is 58.4 Å². The van der Waals surface area contributed by atoms with E-state index in [4.69, 9.17) is 9.47 Å². The van der Waals surface area contributed by atoms with Crippen LogP contribution in [0.15, 0.2) is 33.9 Å². The minimum absolute atomic E-state index is 0.0474. The van der Waals surface area contributed by atoms with E-state index in [0.717, 1.165) is 26.0 Å². The second kappa shape index (κ2) is 11.9. The molecule has 1 saturated heterocycles. The second-order valence-corrected chi connectivity index (χ2v) is 10.7. The summed E-state index contributed by atoms with van der Waals surface area (Å²) in [7, 11) is 1.53. The van der Waals surface area contributed by atoms with Gasteiger partial charge in [0.2, 0.25) is 0 Å². The van der Waals surface area contributed by atoms with Crippen molar-refractivity contribution in [3.05, 3.63) is 61.1 Å². The van der Waals surface area contributed by atoms with E-state index in [-0.39, 0.29) is 40.1 Å². The van der Waals surface area contributed by atoms with Gasteiger partial charge in [0.1, 0.15) is 16.7 Å². The standard InChI is InChI=1S/C27H30F3N3O6S/c1-16-21-23(35)32(14-8-18-4-6-19(38-3)7-5-18)26(37)33(15-11-27(28,29)30)25(21)40-22(16)24(36)31-12-9-20(10-13-31)39-17(2)34/h4-7,20H,8-15H2,1-3H3. The maximum absolute atomic E-state index is 13.5. The number of alkyl halides is 3. The van der Waals surface area contributed by atoms with Gasteiger partial charge in [-0.25, -0.2) is 4.79 Å². The molecule has 0 radical (unpaired) electrons. The number of likely N-dealkylation sites (tertiary alicyclic amines) is 1. The Labute approximate surface area is 231 Å². The minimum Gasteiger partial charge on any atom is -0.497 e. The van der Waals surface area contributed by atoms with E-state index in [1.54, 1.807) is 36.1 Å². The van der Waals surface area contributed by atoms with Crippen LogP contribution in [-0.2, 0) is 29.0 Å². The van der Waals surface area contributed by atoms with E-state index in [2.05, 4.69) is 0 Å². The number of hydrogen-bond donors (Lipinski definition) is 0. The van der Waals surface area contributed by atoms with Crippen LogP contribution in [0.3, 0.4) is 0 Å². The van der Waals surface area contributed by atoms with Gasteiger partial charge in [-0.1, -0.05) is 12.1 Å². The number of hydrogen-bond acceptors (Lipinski definition) is 7. The van der Waals surface area contributed by atoms with Crippen LogP contribution >= 0.6 is 11.3 Å². The number of piperidine rings is 1. The average molecular weight is 582 g/mol. The normalized spacial score (nSPS) is 14.5. The van der Waals surface area contributed by atoms with Gasteiger partial charge in [0.05, 0.1) is 23.8 Å². The molecule has 0 spiro atoms. The average Bonchev–Trinajstić information content (AvgIpc) is 3.24. The lowest BCUT2D eigenvalue weighted by atomic mass is 10.1. The topological polar surface area (TPSA) is 99.8 Å². The van der Waals surface area contributed by atoms with Gasteiger partial charge in [0.15, 0.2) is 0 Å². The first-order valence-corrected chi connectivity index (χ1v) is 13.6. The number of amides is 1. The summed E-state index contributed by atoms with van der Waals surface area (Å²) in [6.07, 6.45) is -4.89. The van der Waals surface area contributed by atoms with Gasteiger partial charge in [-0.05, 0) is 36.6 Å². The molecule has 0 atom stereocenters. The third kappa shape index (κ3) is 6.40. The Morgan fingerprint density at radius 3 is 2.27 bits per heavy atom. The highest BCUT2D eigenvalue weighted by molar-refractivity contribution is 7.20. The smallest absolute Gasteiger partial charge is 0.390 e. The molecular formula is C27H30F3N3O6S. The number of fused-ring (bicyclic) bond motifs is 1. The van der Waals surface area contributed by atoms with Gasteiger partial charge in [-0.2, -0.15) is 13.2 Å². The number of ether oxygens (including phenoxy) is 2. The van der Waals surface area contributed by atoms with Crippen LogP contribution in [0.4, 0.5) is 13.2 Å². The molecule has 13 heteroatoms. The molecule has 0 bridgehead atoms. The molecule has 3 aromatic rings. The van der Waals surface area contributed by atoms with Gasteiger partial charge in [0, 0.05) is 45.9 Å². The van der Waals surface area contributed by atoms with Crippen molar-refractivity contribution in [3.8, 4) is 5.75 Å². The Bertz CT molecular complexity index is 1520. The lowest BCUT2D eigenvalue weighted by molar-refractivity contribution is -0.148. The fourth-order valence-electron chi connectivity index (χ4n) is 4.82. The number of nitrogens with zero attached hydrogens (tertiary/aromatic N) is 3. The zero-order chi connectivity index (χ0) is 29.2. The van der Waals surface area contributed by atoms with Crippen LogP contribution in [0.5, 0.6) is 5.75 Å². The van der Waals surface area contributed by atoms with Gasteiger partial charge in [-0.15, -0.1) is 11.3 Å². The summed E-state index contributed by atoms with van der Waals surface area (Å²) in [6.45, 7) is 2.80. The first-order valence-electron chi connectivity index (χ1n) is 12.8. The zero-order valence-corrected chi connectivity index (χ0v) is 23.2. The van der Waals surface area contributed by atoms with Crippen LogP contribution in [0, 0.1) is 6.92 Å². The van der Waals surface area contributed by atoms with E-state index in [1.807, 2.05) is 0 Å². The maximum Gasteiger partial charge on any atom is 0.390 e. The fourth-order valence-corrected chi connectivity index (χ4v) is 6.11. The summed E-state index contributed by atoms with van der Waals surface area (Å²) in [4.78, 5) is 53.4. The van der Waals surface area contributed by atoms with Crippen LogP contribution < -0.4 is 16.0 Å². The first kappa shape index (κ1) is 29.4. The van der Waals surface area contributed by atoms with Crippen molar-refractivity contribution in [2.24, 2.45) is 0 Å². The Balaban J connectivity index is 1.71. The first-order chi connectivity index (χ1) is 18.9. The number of benzene rings is 1. The molecule has 1 fully saturated rings. The van der Waals surface area contributed by atoms with Crippen LogP contribution in [0.25, 0.3) is 10.2 Å². The molecule has 1 aliphatic rings. The molecule has 1 aromatic carbocycles. The third-order valence-electron chi connectivity index (χ3n) is 6.95. The van der Waals surface area contributed by atoms with Crippen molar-refractivity contribution in [3.63, 3.8) is 0 Å². The van der Waals surface area contributed by atoms with Crippen molar-refractivity contribution >= 4 is 33.4 Å². The quantitative estimate of drug-likeness (QED) is 0.374. The van der Waals surface area contributed by atoms with Crippen molar-refractivity contribution in [2.75, 3.05) is 20.2 Å². The SMILES string of the molecule is COc1ccc(CCn2c(=O)c3c(C)c(C(=O)N4CCC(OC(C)=O)CC4)sc3n(CCC(F)(F)F)c2=O)cc1. The summed E-state index contributed by atoms with van der Waals surface area (Å²) in [5.41, 5.74) is -0.351. The summed E-state index contributed by atoms with van der Waals surface area (Å²) >= 11 is 0.862. The lowest BCUT2D eigenvalue weighted by Crippen LogP contribution is -2.41. The zero-order valence-electron chi connectivity index (χ0n) is 22.4. The molecule has 4 rings (SSSR count). The molecular weight excluding hydrogens is 551 g/mol. The molecule has 216 valence electrons. The highest BCUT2D eigenvalue weighted by Crippen LogP contribution is 2.31. The summed E-state index contributed by atoms with van der Waals surface area (Å²) < 4.78 is 51.8.